The summed E-state index contributed by atoms with van der Waals surface area (Å²) in [7, 11) is 1.75. The monoisotopic (exact) mass is 319 g/mol. The van der Waals surface area contributed by atoms with Crippen molar-refractivity contribution in [2.45, 2.75) is 0 Å². The molecular formula is C19H17N3O2. The molecule has 3 rings (SSSR count). The van der Waals surface area contributed by atoms with Gasteiger partial charge in [0.1, 0.15) is 5.75 Å². The molecule has 5 nitrogen and oxygen atoms in total. The molecule has 3 aromatic carbocycles. The van der Waals surface area contributed by atoms with E-state index in [0.29, 0.717) is 11.1 Å². The fourth-order valence-electron chi connectivity index (χ4n) is 2.53. The van der Waals surface area contributed by atoms with E-state index in [4.69, 9.17) is 0 Å². The number of hydrogen-bond acceptors (Lipinski definition) is 4. The number of fused-ring (bicyclic) bond motifs is 1. The molecule has 0 aromatic heterocycles. The largest absolute Gasteiger partial charge is 0.507 e. The average Bonchev–Trinajstić information content (AvgIpc) is 2.63. The van der Waals surface area contributed by atoms with Crippen molar-refractivity contribution < 1.29 is 9.90 Å². The Morgan fingerprint density at radius 2 is 1.79 bits per heavy atom. The molecule has 0 saturated carbocycles. The number of anilines is 1. The van der Waals surface area contributed by atoms with Crippen LogP contribution in [0.3, 0.4) is 0 Å². The Kier molecular flexibility index (Phi) is 4.43. The number of nitrogens with zero attached hydrogens (tertiary/aromatic N) is 1. The number of nitrogens with one attached hydrogen (secondary N) is 2. The second kappa shape index (κ2) is 6.83. The first-order chi connectivity index (χ1) is 11.7. The molecule has 0 heterocycles. The van der Waals surface area contributed by atoms with Crippen molar-refractivity contribution in [2.24, 2.45) is 5.10 Å². The molecule has 0 spiro atoms. The van der Waals surface area contributed by atoms with Gasteiger partial charge < -0.3 is 10.4 Å². The smallest absolute Gasteiger partial charge is 0.273 e. The van der Waals surface area contributed by atoms with Gasteiger partial charge >= 0.3 is 0 Å². The summed E-state index contributed by atoms with van der Waals surface area (Å²) in [5, 5.41) is 18.9. The van der Waals surface area contributed by atoms with E-state index in [-0.39, 0.29) is 11.7 Å². The van der Waals surface area contributed by atoms with Crippen LogP contribution in [0.15, 0.2) is 65.8 Å². The predicted octanol–water partition coefficient (Wildman–Crippen LogP) is 3.35. The van der Waals surface area contributed by atoms with Gasteiger partial charge in [0.25, 0.3) is 5.91 Å². The van der Waals surface area contributed by atoms with Gasteiger partial charge in [0.15, 0.2) is 0 Å². The zero-order chi connectivity index (χ0) is 16.9. The minimum absolute atomic E-state index is 0.113. The number of benzene rings is 3. The number of rotatable bonds is 4. The molecular weight excluding hydrogens is 302 g/mol. The van der Waals surface area contributed by atoms with Crippen molar-refractivity contribution in [1.82, 2.24) is 5.43 Å². The topological polar surface area (TPSA) is 73.7 Å². The maximum absolute atomic E-state index is 12.2. The third-order valence-electron chi connectivity index (χ3n) is 3.75. The standard InChI is InChI=1S/C19H17N3O2/c1-20-17-9-5-4-8-15(17)19(24)22-21-12-16-14-7-3-2-6-13(14)10-11-18(16)23/h2-12,20,23H,1H3,(H,22,24). The number of carbonyl (C=O) groups is 1. The molecule has 1 amide bonds. The number of amides is 1. The van der Waals surface area contributed by atoms with Crippen LogP contribution in [0.25, 0.3) is 10.8 Å². The Morgan fingerprint density at radius 3 is 2.62 bits per heavy atom. The van der Waals surface area contributed by atoms with Gasteiger partial charge in [-0.05, 0) is 29.0 Å². The second-order valence-electron chi connectivity index (χ2n) is 5.21. The molecule has 5 heteroatoms. The summed E-state index contributed by atoms with van der Waals surface area (Å²) in [6, 6.07) is 18.3. The van der Waals surface area contributed by atoms with Gasteiger partial charge in [-0.1, -0.05) is 42.5 Å². The molecule has 120 valence electrons. The SMILES string of the molecule is CNc1ccccc1C(=O)NN=Cc1c(O)ccc2ccccc12. The van der Waals surface area contributed by atoms with Crippen molar-refractivity contribution in [3.8, 4) is 5.75 Å². The molecule has 0 aliphatic carbocycles. The van der Waals surface area contributed by atoms with Crippen LogP contribution in [0.2, 0.25) is 0 Å². The second-order valence-corrected chi connectivity index (χ2v) is 5.21. The van der Waals surface area contributed by atoms with Crippen molar-refractivity contribution >= 4 is 28.6 Å². The average molecular weight is 319 g/mol. The fourth-order valence-corrected chi connectivity index (χ4v) is 2.53. The number of aromatic hydroxyl groups is 1. The molecule has 24 heavy (non-hydrogen) atoms. The van der Waals surface area contributed by atoms with Crippen LogP contribution < -0.4 is 10.7 Å². The van der Waals surface area contributed by atoms with E-state index < -0.39 is 0 Å². The van der Waals surface area contributed by atoms with Crippen LogP contribution >= 0.6 is 0 Å². The Bertz CT molecular complexity index is 919. The van der Waals surface area contributed by atoms with Crippen LogP contribution in [0.4, 0.5) is 5.69 Å². The first-order valence-electron chi connectivity index (χ1n) is 7.51. The predicted molar refractivity (Wildman–Crippen MR) is 96.7 cm³/mol. The van der Waals surface area contributed by atoms with E-state index in [1.165, 1.54) is 6.21 Å². The molecule has 0 fully saturated rings. The van der Waals surface area contributed by atoms with Gasteiger partial charge in [0.05, 0.1) is 11.8 Å². The highest BCUT2D eigenvalue weighted by Gasteiger charge is 2.09. The van der Waals surface area contributed by atoms with E-state index in [9.17, 15) is 9.90 Å². The number of carbonyl (C=O) groups excluding carboxylic acids is 1. The number of para-hydroxylation sites is 1. The highest BCUT2D eigenvalue weighted by Crippen LogP contribution is 2.25. The summed E-state index contributed by atoms with van der Waals surface area (Å²) in [5.41, 5.74) is 4.28. The van der Waals surface area contributed by atoms with Gasteiger partial charge in [0.2, 0.25) is 0 Å². The van der Waals surface area contributed by atoms with Crippen molar-refractivity contribution in [3.63, 3.8) is 0 Å². The summed E-state index contributed by atoms with van der Waals surface area (Å²) in [6.45, 7) is 0. The van der Waals surface area contributed by atoms with E-state index in [1.54, 1.807) is 25.2 Å². The normalized spacial score (nSPS) is 10.9. The molecule has 3 aromatic rings. The number of phenols is 1. The van der Waals surface area contributed by atoms with Gasteiger partial charge in [-0.15, -0.1) is 0 Å². The molecule has 0 aliphatic heterocycles. The molecule has 3 N–H and O–H groups in total. The van der Waals surface area contributed by atoms with Gasteiger partial charge in [0, 0.05) is 18.3 Å². The molecule has 0 saturated heterocycles. The maximum atomic E-state index is 12.2. The zero-order valence-electron chi connectivity index (χ0n) is 13.2. The molecule has 0 radical (unpaired) electrons. The lowest BCUT2D eigenvalue weighted by Crippen LogP contribution is -2.19. The zero-order valence-corrected chi connectivity index (χ0v) is 13.2. The van der Waals surface area contributed by atoms with Crippen LogP contribution in [0.5, 0.6) is 5.75 Å². The quantitative estimate of drug-likeness (QED) is 0.510. The molecule has 0 atom stereocenters. The summed E-state index contributed by atoms with van der Waals surface area (Å²) in [6.07, 6.45) is 1.46. The highest BCUT2D eigenvalue weighted by atomic mass is 16.3. The van der Waals surface area contributed by atoms with E-state index in [0.717, 1.165) is 16.5 Å². The van der Waals surface area contributed by atoms with Crippen molar-refractivity contribution in [1.29, 1.82) is 0 Å². The lowest BCUT2D eigenvalue weighted by atomic mass is 10.0. The minimum atomic E-state index is -0.323. The first kappa shape index (κ1) is 15.6. The van der Waals surface area contributed by atoms with Crippen molar-refractivity contribution in [2.75, 3.05) is 12.4 Å². The summed E-state index contributed by atoms with van der Waals surface area (Å²) in [4.78, 5) is 12.2. The number of hydrogen-bond donors (Lipinski definition) is 3. The first-order valence-corrected chi connectivity index (χ1v) is 7.51. The van der Waals surface area contributed by atoms with Crippen LogP contribution in [0.1, 0.15) is 15.9 Å². The number of phenolic OH excluding ortho intramolecular Hbond substituents is 1. The highest BCUT2D eigenvalue weighted by molar-refractivity contribution is 6.03. The summed E-state index contributed by atoms with van der Waals surface area (Å²) < 4.78 is 0. The van der Waals surface area contributed by atoms with E-state index >= 15 is 0 Å². The van der Waals surface area contributed by atoms with Gasteiger partial charge in [-0.25, -0.2) is 5.43 Å². The number of hydrazone groups is 1. The van der Waals surface area contributed by atoms with Crippen LogP contribution in [-0.4, -0.2) is 24.3 Å². The third-order valence-corrected chi connectivity index (χ3v) is 3.75. The summed E-state index contributed by atoms with van der Waals surface area (Å²) >= 11 is 0. The van der Waals surface area contributed by atoms with Gasteiger partial charge in [-0.2, -0.15) is 5.10 Å². The van der Waals surface area contributed by atoms with Crippen LogP contribution in [0, 0.1) is 0 Å². The lowest BCUT2D eigenvalue weighted by Gasteiger charge is -2.07. The summed E-state index contributed by atoms with van der Waals surface area (Å²) in [5.74, 6) is -0.210. The van der Waals surface area contributed by atoms with E-state index in [2.05, 4.69) is 15.8 Å². The van der Waals surface area contributed by atoms with Gasteiger partial charge in [-0.3, -0.25) is 4.79 Å². The Morgan fingerprint density at radius 1 is 1.04 bits per heavy atom. The Hall–Kier alpha value is -3.34. The lowest BCUT2D eigenvalue weighted by molar-refractivity contribution is 0.0956. The molecule has 0 aliphatic rings. The molecule has 0 bridgehead atoms. The Balaban J connectivity index is 1.85. The maximum Gasteiger partial charge on any atom is 0.273 e. The third kappa shape index (κ3) is 3.05. The van der Waals surface area contributed by atoms with Crippen molar-refractivity contribution in [3.05, 3.63) is 71.8 Å². The molecule has 0 unspecified atom stereocenters. The Labute approximate surface area is 139 Å². The fraction of sp³-hybridized carbons (Fsp3) is 0.0526. The van der Waals surface area contributed by atoms with E-state index in [1.807, 2.05) is 42.5 Å². The van der Waals surface area contributed by atoms with Crippen LogP contribution in [-0.2, 0) is 0 Å². The minimum Gasteiger partial charge on any atom is -0.507 e.